The van der Waals surface area contributed by atoms with Gasteiger partial charge in [-0.2, -0.15) is 5.10 Å². The molecule has 2 rings (SSSR count). The smallest absolute Gasteiger partial charge is 0.244 e. The first-order valence-corrected chi connectivity index (χ1v) is 5.53. The Morgan fingerprint density at radius 1 is 1.56 bits per heavy atom. The third-order valence-corrected chi connectivity index (χ3v) is 2.57. The summed E-state index contributed by atoms with van der Waals surface area (Å²) in [6.07, 6.45) is 2.85. The molecule has 1 atom stereocenters. The van der Waals surface area contributed by atoms with Gasteiger partial charge in [0.2, 0.25) is 5.91 Å². The van der Waals surface area contributed by atoms with E-state index in [1.807, 2.05) is 0 Å². The monoisotopic (exact) mass is 248 g/mol. The largest absolute Gasteiger partial charge is 0.350 e. The van der Waals surface area contributed by atoms with Crippen molar-refractivity contribution >= 4 is 5.91 Å². The number of rotatable bonds is 4. The van der Waals surface area contributed by atoms with Crippen molar-refractivity contribution in [2.24, 2.45) is 0 Å². The Morgan fingerprint density at radius 2 is 2.39 bits per heavy atom. The van der Waals surface area contributed by atoms with Gasteiger partial charge in [-0.1, -0.05) is 12.1 Å². The van der Waals surface area contributed by atoms with Crippen LogP contribution in [0.2, 0.25) is 0 Å². The molecular weight excluding hydrogens is 235 g/mol. The Bertz CT molecular complexity index is 527. The topological polar surface area (TPSA) is 59.8 Å². The fourth-order valence-corrected chi connectivity index (χ4v) is 1.52. The number of amides is 1. The zero-order valence-corrected chi connectivity index (χ0v) is 9.88. The fraction of sp³-hybridized carbons (Fsp3) is 0.250. The molecule has 0 saturated heterocycles. The summed E-state index contributed by atoms with van der Waals surface area (Å²) in [7, 11) is 0. The number of halogens is 1. The second-order valence-electron chi connectivity index (χ2n) is 3.90. The zero-order valence-electron chi connectivity index (χ0n) is 9.88. The van der Waals surface area contributed by atoms with Crippen molar-refractivity contribution < 1.29 is 9.18 Å². The average Bonchev–Trinajstić information content (AvgIpc) is 2.89. The Labute approximate surface area is 104 Å². The number of carbonyl (C=O) groups excluding carboxylic acids is 1. The summed E-state index contributed by atoms with van der Waals surface area (Å²) in [6, 6.07) is 5.67. The summed E-state index contributed by atoms with van der Waals surface area (Å²) in [6.45, 7) is 2.01. The van der Waals surface area contributed by atoms with Crippen LogP contribution in [0.4, 0.5) is 4.39 Å². The first kappa shape index (κ1) is 12.2. The molecule has 1 amide bonds. The molecule has 1 aromatic heterocycles. The maximum atomic E-state index is 12.9. The molecule has 0 aliphatic carbocycles. The van der Waals surface area contributed by atoms with Crippen molar-refractivity contribution in [3.63, 3.8) is 0 Å². The third kappa shape index (κ3) is 2.91. The van der Waals surface area contributed by atoms with Gasteiger partial charge < -0.3 is 5.32 Å². The van der Waals surface area contributed by atoms with Crippen molar-refractivity contribution in [1.29, 1.82) is 0 Å². The van der Waals surface area contributed by atoms with E-state index >= 15 is 0 Å². The van der Waals surface area contributed by atoms with E-state index in [-0.39, 0.29) is 18.3 Å². The summed E-state index contributed by atoms with van der Waals surface area (Å²) in [5, 5.41) is 6.61. The highest BCUT2D eigenvalue weighted by Gasteiger charge is 2.14. The lowest BCUT2D eigenvalue weighted by molar-refractivity contribution is -0.124. The number of benzene rings is 1. The minimum Gasteiger partial charge on any atom is -0.350 e. The first-order chi connectivity index (χ1) is 8.66. The van der Waals surface area contributed by atoms with Crippen molar-refractivity contribution in [3.05, 3.63) is 48.3 Å². The Morgan fingerprint density at radius 3 is 3.06 bits per heavy atom. The van der Waals surface area contributed by atoms with Gasteiger partial charge in [-0.3, -0.25) is 4.79 Å². The standard InChI is InChI=1S/C12H13FN4O/c1-9(17-8-14-7-16-17)12(18)15-6-10-3-2-4-11(13)5-10/h2-5,7-9H,6H2,1H3,(H,15,18)/t9-/m1/s1. The Balaban J connectivity index is 1.92. The highest BCUT2D eigenvalue weighted by molar-refractivity contribution is 5.79. The zero-order chi connectivity index (χ0) is 13.0. The summed E-state index contributed by atoms with van der Waals surface area (Å²) in [5.74, 6) is -0.504. The number of carbonyl (C=O) groups is 1. The molecule has 6 heteroatoms. The van der Waals surface area contributed by atoms with Crippen molar-refractivity contribution in [2.45, 2.75) is 19.5 Å². The van der Waals surface area contributed by atoms with Gasteiger partial charge in [-0.25, -0.2) is 14.1 Å². The van der Waals surface area contributed by atoms with Crippen LogP contribution in [0.1, 0.15) is 18.5 Å². The van der Waals surface area contributed by atoms with Gasteiger partial charge in [0.1, 0.15) is 24.5 Å². The Hall–Kier alpha value is -2.24. The maximum absolute atomic E-state index is 12.9. The molecule has 1 heterocycles. The molecule has 0 aliphatic heterocycles. The second kappa shape index (κ2) is 5.39. The molecule has 0 unspecified atom stereocenters. The van der Waals surface area contributed by atoms with E-state index in [0.29, 0.717) is 5.56 Å². The SMILES string of the molecule is C[C@H](C(=O)NCc1cccc(F)c1)n1cncn1. The molecule has 94 valence electrons. The van der Waals surface area contributed by atoms with Crippen molar-refractivity contribution in [3.8, 4) is 0 Å². The number of nitrogens with zero attached hydrogens (tertiary/aromatic N) is 3. The molecule has 18 heavy (non-hydrogen) atoms. The van der Waals surface area contributed by atoms with Crippen LogP contribution in [0, 0.1) is 5.82 Å². The predicted octanol–water partition coefficient (Wildman–Crippen LogP) is 1.29. The maximum Gasteiger partial charge on any atom is 0.244 e. The average molecular weight is 248 g/mol. The molecule has 0 bridgehead atoms. The van der Waals surface area contributed by atoms with E-state index < -0.39 is 6.04 Å². The van der Waals surface area contributed by atoms with E-state index in [4.69, 9.17) is 0 Å². The van der Waals surface area contributed by atoms with Gasteiger partial charge in [0.15, 0.2) is 0 Å². The van der Waals surface area contributed by atoms with Crippen LogP contribution in [-0.2, 0) is 11.3 Å². The van der Waals surface area contributed by atoms with Crippen LogP contribution < -0.4 is 5.32 Å². The normalized spacial score (nSPS) is 12.1. The molecule has 0 spiro atoms. The van der Waals surface area contributed by atoms with E-state index in [0.717, 1.165) is 0 Å². The van der Waals surface area contributed by atoms with E-state index in [1.165, 1.54) is 29.5 Å². The van der Waals surface area contributed by atoms with Gasteiger partial charge in [-0.05, 0) is 24.6 Å². The molecule has 2 aromatic rings. The quantitative estimate of drug-likeness (QED) is 0.887. The highest BCUT2D eigenvalue weighted by Crippen LogP contribution is 2.05. The minimum absolute atomic E-state index is 0.190. The van der Waals surface area contributed by atoms with Gasteiger partial charge in [-0.15, -0.1) is 0 Å². The number of aromatic nitrogens is 3. The summed E-state index contributed by atoms with van der Waals surface area (Å²) in [4.78, 5) is 15.6. The van der Waals surface area contributed by atoms with E-state index in [1.54, 1.807) is 19.1 Å². The van der Waals surface area contributed by atoms with E-state index in [2.05, 4.69) is 15.4 Å². The molecule has 0 saturated carbocycles. The number of hydrogen-bond acceptors (Lipinski definition) is 3. The van der Waals surface area contributed by atoms with Crippen LogP contribution in [-0.4, -0.2) is 20.7 Å². The molecule has 1 N–H and O–H groups in total. The van der Waals surface area contributed by atoms with Gasteiger partial charge in [0.25, 0.3) is 0 Å². The summed E-state index contributed by atoms with van der Waals surface area (Å²) in [5.41, 5.74) is 0.717. The van der Waals surface area contributed by atoms with Crippen LogP contribution in [0.15, 0.2) is 36.9 Å². The summed E-state index contributed by atoms with van der Waals surface area (Å²) >= 11 is 0. The van der Waals surface area contributed by atoms with Gasteiger partial charge in [0.05, 0.1) is 0 Å². The van der Waals surface area contributed by atoms with Gasteiger partial charge >= 0.3 is 0 Å². The van der Waals surface area contributed by atoms with Crippen LogP contribution in [0.5, 0.6) is 0 Å². The van der Waals surface area contributed by atoms with Gasteiger partial charge in [0, 0.05) is 6.54 Å². The first-order valence-electron chi connectivity index (χ1n) is 5.53. The van der Waals surface area contributed by atoms with Crippen LogP contribution in [0.3, 0.4) is 0 Å². The lowest BCUT2D eigenvalue weighted by atomic mass is 10.2. The molecule has 0 fully saturated rings. The van der Waals surface area contributed by atoms with E-state index in [9.17, 15) is 9.18 Å². The molecular formula is C12H13FN4O. The van der Waals surface area contributed by atoms with Crippen molar-refractivity contribution in [1.82, 2.24) is 20.1 Å². The fourth-order valence-electron chi connectivity index (χ4n) is 1.52. The molecule has 1 aromatic carbocycles. The molecule has 5 nitrogen and oxygen atoms in total. The second-order valence-corrected chi connectivity index (χ2v) is 3.90. The third-order valence-electron chi connectivity index (χ3n) is 2.57. The predicted molar refractivity (Wildman–Crippen MR) is 63.0 cm³/mol. The Kier molecular flexibility index (Phi) is 3.66. The molecule has 0 aliphatic rings. The highest BCUT2D eigenvalue weighted by atomic mass is 19.1. The van der Waals surface area contributed by atoms with Crippen LogP contribution >= 0.6 is 0 Å². The number of nitrogens with one attached hydrogen (secondary N) is 1. The van der Waals surface area contributed by atoms with Crippen LogP contribution in [0.25, 0.3) is 0 Å². The lowest BCUT2D eigenvalue weighted by Crippen LogP contribution is -2.30. The lowest BCUT2D eigenvalue weighted by Gasteiger charge is -2.12. The van der Waals surface area contributed by atoms with Crippen molar-refractivity contribution in [2.75, 3.05) is 0 Å². The summed E-state index contributed by atoms with van der Waals surface area (Å²) < 4.78 is 14.4. The minimum atomic E-state index is -0.443. The number of hydrogen-bond donors (Lipinski definition) is 1. The molecule has 0 radical (unpaired) electrons.